The van der Waals surface area contributed by atoms with Crippen LogP contribution in [0.3, 0.4) is 0 Å². The van der Waals surface area contributed by atoms with E-state index in [1.165, 1.54) is 0 Å². The van der Waals surface area contributed by atoms with Crippen molar-refractivity contribution >= 4 is 5.69 Å². The lowest BCUT2D eigenvalue weighted by atomic mass is 10.2. The largest absolute Gasteiger partial charge is 0.456 e. The first-order valence-corrected chi connectivity index (χ1v) is 5.27. The predicted octanol–water partition coefficient (Wildman–Crippen LogP) is 3.16. The first kappa shape index (κ1) is 11.4. The van der Waals surface area contributed by atoms with E-state index in [2.05, 4.69) is 10.5 Å². The van der Waals surface area contributed by atoms with Gasteiger partial charge in [-0.3, -0.25) is 15.3 Å². The van der Waals surface area contributed by atoms with E-state index in [-0.39, 0.29) is 0 Å². The molecule has 0 fully saturated rings. The van der Waals surface area contributed by atoms with Crippen LogP contribution in [-0.2, 0) is 4.84 Å². The van der Waals surface area contributed by atoms with Crippen molar-refractivity contribution < 1.29 is 9.57 Å². The van der Waals surface area contributed by atoms with Gasteiger partial charge in [0, 0.05) is 6.20 Å². The third-order valence-electron chi connectivity index (χ3n) is 2.28. The molecule has 0 radical (unpaired) electrons. The van der Waals surface area contributed by atoms with Crippen LogP contribution in [0, 0.1) is 6.92 Å². The zero-order valence-electron chi connectivity index (χ0n) is 9.81. The highest BCUT2D eigenvalue weighted by molar-refractivity contribution is 5.52. The van der Waals surface area contributed by atoms with Gasteiger partial charge in [-0.25, -0.2) is 0 Å². The Balaban J connectivity index is 2.15. The van der Waals surface area contributed by atoms with Crippen molar-refractivity contribution in [2.75, 3.05) is 12.6 Å². The van der Waals surface area contributed by atoms with Crippen LogP contribution in [0.1, 0.15) is 5.56 Å². The van der Waals surface area contributed by atoms with Crippen molar-refractivity contribution in [2.45, 2.75) is 6.92 Å². The van der Waals surface area contributed by atoms with Gasteiger partial charge in [-0.15, -0.1) is 0 Å². The lowest BCUT2D eigenvalue weighted by molar-refractivity contribution is 0.270. The van der Waals surface area contributed by atoms with Crippen molar-refractivity contribution in [3.05, 3.63) is 48.3 Å². The number of hydrogen-bond donors (Lipinski definition) is 1. The Morgan fingerprint density at radius 3 is 2.71 bits per heavy atom. The Bertz CT molecular complexity index is 486. The molecular weight excluding hydrogens is 216 g/mol. The van der Waals surface area contributed by atoms with Crippen LogP contribution in [0.4, 0.5) is 5.69 Å². The lowest BCUT2D eigenvalue weighted by Gasteiger charge is -2.10. The zero-order valence-corrected chi connectivity index (χ0v) is 9.81. The highest BCUT2D eigenvalue weighted by Crippen LogP contribution is 2.25. The molecule has 0 aliphatic heterocycles. The second-order valence-corrected chi connectivity index (χ2v) is 3.57. The van der Waals surface area contributed by atoms with Crippen molar-refractivity contribution in [1.82, 2.24) is 4.98 Å². The molecule has 0 amide bonds. The summed E-state index contributed by atoms with van der Waals surface area (Å²) in [5, 5.41) is 0. The summed E-state index contributed by atoms with van der Waals surface area (Å²) >= 11 is 0. The summed E-state index contributed by atoms with van der Waals surface area (Å²) in [7, 11) is 1.58. The summed E-state index contributed by atoms with van der Waals surface area (Å²) in [6, 6.07) is 9.42. The number of aromatic nitrogens is 1. The Kier molecular flexibility index (Phi) is 3.57. The van der Waals surface area contributed by atoms with Gasteiger partial charge in [0.05, 0.1) is 19.0 Å². The molecular formula is C13H14N2O2. The summed E-state index contributed by atoms with van der Waals surface area (Å²) in [4.78, 5) is 8.86. The van der Waals surface area contributed by atoms with Gasteiger partial charge in [-0.05, 0) is 42.8 Å². The maximum absolute atomic E-state index is 5.66. The molecule has 1 heterocycles. The lowest BCUT2D eigenvalue weighted by Crippen LogP contribution is -1.97. The fourth-order valence-corrected chi connectivity index (χ4v) is 1.47. The Morgan fingerprint density at radius 2 is 2.06 bits per heavy atom. The molecule has 0 spiro atoms. The molecule has 0 saturated carbocycles. The molecule has 0 bridgehead atoms. The van der Waals surface area contributed by atoms with Gasteiger partial charge in [-0.2, -0.15) is 0 Å². The Morgan fingerprint density at radius 1 is 1.18 bits per heavy atom. The third kappa shape index (κ3) is 2.95. The summed E-state index contributed by atoms with van der Waals surface area (Å²) in [6.45, 7) is 1.98. The third-order valence-corrected chi connectivity index (χ3v) is 2.28. The summed E-state index contributed by atoms with van der Waals surface area (Å²) < 4.78 is 5.66. The fraction of sp³-hybridized carbons (Fsp3) is 0.154. The quantitative estimate of drug-likeness (QED) is 0.819. The van der Waals surface area contributed by atoms with Crippen molar-refractivity contribution in [3.63, 3.8) is 0 Å². The zero-order chi connectivity index (χ0) is 12.1. The van der Waals surface area contributed by atoms with Crippen LogP contribution in [0.25, 0.3) is 0 Å². The highest BCUT2D eigenvalue weighted by atomic mass is 16.6. The number of nitrogens with one attached hydrogen (secondary N) is 1. The molecule has 2 rings (SSSR count). The molecule has 1 N–H and O–H groups in total. The summed E-state index contributed by atoms with van der Waals surface area (Å²) in [6.07, 6.45) is 3.39. The number of benzene rings is 1. The number of ether oxygens (including phenoxy) is 1. The molecule has 4 heteroatoms. The van der Waals surface area contributed by atoms with Crippen LogP contribution in [-0.4, -0.2) is 12.1 Å². The minimum atomic E-state index is 0.722. The first-order valence-electron chi connectivity index (χ1n) is 5.27. The van der Waals surface area contributed by atoms with E-state index < -0.39 is 0 Å². The van der Waals surface area contributed by atoms with Crippen LogP contribution >= 0.6 is 0 Å². The number of pyridine rings is 1. The molecule has 1 aromatic carbocycles. The number of anilines is 1. The number of rotatable bonds is 4. The monoisotopic (exact) mass is 230 g/mol. The van der Waals surface area contributed by atoms with Crippen LogP contribution in [0.15, 0.2) is 42.7 Å². The van der Waals surface area contributed by atoms with Gasteiger partial charge in [0.25, 0.3) is 0 Å². The van der Waals surface area contributed by atoms with Crippen molar-refractivity contribution in [1.29, 1.82) is 0 Å². The molecule has 2 aromatic rings. The predicted molar refractivity (Wildman–Crippen MR) is 66.1 cm³/mol. The Hall–Kier alpha value is -2.07. The molecule has 0 unspecified atom stereocenters. The van der Waals surface area contributed by atoms with E-state index in [0.29, 0.717) is 0 Å². The molecule has 0 atom stereocenters. The van der Waals surface area contributed by atoms with E-state index in [4.69, 9.17) is 9.57 Å². The van der Waals surface area contributed by atoms with E-state index in [1.807, 2.05) is 37.3 Å². The van der Waals surface area contributed by atoms with Crippen LogP contribution < -0.4 is 10.2 Å². The molecule has 0 aliphatic carbocycles. The second-order valence-electron chi connectivity index (χ2n) is 3.57. The SMILES string of the molecule is CONc1ccc(Oc2cccnc2)cc1C. The number of nitrogens with zero attached hydrogens (tertiary/aromatic N) is 1. The molecule has 17 heavy (non-hydrogen) atoms. The van der Waals surface area contributed by atoms with Gasteiger partial charge in [0.15, 0.2) is 0 Å². The van der Waals surface area contributed by atoms with E-state index >= 15 is 0 Å². The van der Waals surface area contributed by atoms with Crippen molar-refractivity contribution in [2.24, 2.45) is 0 Å². The van der Waals surface area contributed by atoms with E-state index in [1.54, 1.807) is 19.5 Å². The smallest absolute Gasteiger partial charge is 0.145 e. The van der Waals surface area contributed by atoms with Gasteiger partial charge in [-0.1, -0.05) is 0 Å². The van der Waals surface area contributed by atoms with Crippen LogP contribution in [0.5, 0.6) is 11.5 Å². The van der Waals surface area contributed by atoms with Gasteiger partial charge < -0.3 is 4.74 Å². The van der Waals surface area contributed by atoms with Crippen LogP contribution in [0.2, 0.25) is 0 Å². The summed E-state index contributed by atoms with van der Waals surface area (Å²) in [5.74, 6) is 1.50. The van der Waals surface area contributed by atoms with Gasteiger partial charge >= 0.3 is 0 Å². The molecule has 4 nitrogen and oxygen atoms in total. The average molecular weight is 230 g/mol. The normalized spacial score (nSPS) is 10.0. The maximum Gasteiger partial charge on any atom is 0.145 e. The first-order chi connectivity index (χ1) is 8.29. The fourth-order valence-electron chi connectivity index (χ4n) is 1.47. The Labute approximate surface area is 100 Å². The molecule has 88 valence electrons. The minimum Gasteiger partial charge on any atom is -0.456 e. The average Bonchev–Trinajstić information content (AvgIpc) is 2.34. The molecule has 0 aliphatic rings. The van der Waals surface area contributed by atoms with E-state index in [0.717, 1.165) is 22.7 Å². The standard InChI is InChI=1S/C13H14N2O2/c1-10-8-11(5-6-13(10)15-16-2)17-12-4-3-7-14-9-12/h3-9,15H,1-2H3. The van der Waals surface area contributed by atoms with Gasteiger partial charge in [0.2, 0.25) is 0 Å². The second kappa shape index (κ2) is 5.32. The van der Waals surface area contributed by atoms with Crippen molar-refractivity contribution in [3.8, 4) is 11.5 Å². The minimum absolute atomic E-state index is 0.722. The van der Waals surface area contributed by atoms with E-state index in [9.17, 15) is 0 Å². The molecule has 1 aromatic heterocycles. The maximum atomic E-state index is 5.66. The summed E-state index contributed by atoms with van der Waals surface area (Å²) in [5.41, 5.74) is 4.77. The highest BCUT2D eigenvalue weighted by Gasteiger charge is 2.01. The topological polar surface area (TPSA) is 43.4 Å². The molecule has 0 saturated heterocycles. The number of aryl methyl sites for hydroxylation is 1. The number of hydrogen-bond acceptors (Lipinski definition) is 4. The van der Waals surface area contributed by atoms with Gasteiger partial charge in [0.1, 0.15) is 11.5 Å².